The molecule has 0 spiro atoms. The van der Waals surface area contributed by atoms with Crippen molar-refractivity contribution in [1.82, 2.24) is 5.48 Å². The minimum absolute atomic E-state index is 0.235. The second kappa shape index (κ2) is 4.42. The van der Waals surface area contributed by atoms with Gasteiger partial charge in [-0.1, -0.05) is 20.8 Å². The minimum Gasteiger partial charge on any atom is -0.319 e. The van der Waals surface area contributed by atoms with E-state index in [1.54, 1.807) is 6.92 Å². The number of hydroxylamine groups is 1. The number of nitrogens with one attached hydrogen (secondary N) is 1. The van der Waals surface area contributed by atoms with Crippen molar-refractivity contribution in [3.63, 3.8) is 0 Å². The maximum absolute atomic E-state index is 11.2. The Morgan fingerprint density at radius 2 is 2.08 bits per heavy atom. The maximum atomic E-state index is 11.2. The van der Waals surface area contributed by atoms with Crippen LogP contribution in [0.25, 0.3) is 0 Å². The van der Waals surface area contributed by atoms with Gasteiger partial charge in [-0.25, -0.2) is 5.48 Å². The molecule has 0 bridgehead atoms. The number of carbonyl (C=O) groups is 1. The molecule has 0 aromatic heterocycles. The summed E-state index contributed by atoms with van der Waals surface area (Å²) in [6.07, 6.45) is 0. The fourth-order valence-corrected chi connectivity index (χ4v) is 0.600. The Morgan fingerprint density at radius 3 is 2.42 bits per heavy atom. The van der Waals surface area contributed by atoms with Crippen LogP contribution >= 0.6 is 0 Å². The summed E-state index contributed by atoms with van der Waals surface area (Å²) in [7, 11) is 0. The highest BCUT2D eigenvalue weighted by Gasteiger charge is 2.27. The molecule has 0 unspecified atom stereocenters. The van der Waals surface area contributed by atoms with Crippen LogP contribution in [0.2, 0.25) is 0 Å². The molecule has 0 fully saturated rings. The van der Waals surface area contributed by atoms with Crippen LogP contribution in [0.4, 0.5) is 0 Å². The normalized spacial score (nSPS) is 14.1. The summed E-state index contributed by atoms with van der Waals surface area (Å²) < 4.78 is 0. The first kappa shape index (κ1) is 11.4. The van der Waals surface area contributed by atoms with Gasteiger partial charge in [0, 0.05) is 0 Å². The van der Waals surface area contributed by atoms with E-state index in [0.717, 1.165) is 0 Å². The van der Waals surface area contributed by atoms with E-state index in [2.05, 4.69) is 5.48 Å². The summed E-state index contributed by atoms with van der Waals surface area (Å²) in [6, 6.07) is -0.538. The van der Waals surface area contributed by atoms with Gasteiger partial charge in [-0.3, -0.25) is 9.63 Å². The lowest BCUT2D eigenvalue weighted by Gasteiger charge is -2.25. The lowest BCUT2D eigenvalue weighted by atomic mass is 9.87. The summed E-state index contributed by atoms with van der Waals surface area (Å²) in [4.78, 5) is 15.9. The van der Waals surface area contributed by atoms with Crippen LogP contribution in [0.15, 0.2) is 0 Å². The van der Waals surface area contributed by atoms with Crippen LogP contribution in [0, 0.1) is 5.41 Å². The molecule has 0 aromatic carbocycles. The molecule has 4 nitrogen and oxygen atoms in total. The van der Waals surface area contributed by atoms with Crippen LogP contribution in [-0.2, 0) is 9.63 Å². The number of hydrogen-bond acceptors (Lipinski definition) is 3. The first-order chi connectivity index (χ1) is 5.39. The van der Waals surface area contributed by atoms with Crippen molar-refractivity contribution in [2.45, 2.75) is 33.7 Å². The standard InChI is InChI=1S/C8H18N2O2/c1-5-12-10-7(11)6(9)8(2,3)4/h6H,5,9H2,1-4H3,(H,10,11)/t6-/m1/s1. The van der Waals surface area contributed by atoms with E-state index in [4.69, 9.17) is 10.6 Å². The molecule has 0 aliphatic heterocycles. The van der Waals surface area contributed by atoms with E-state index in [1.165, 1.54) is 0 Å². The van der Waals surface area contributed by atoms with Crippen molar-refractivity contribution >= 4 is 5.91 Å². The lowest BCUT2D eigenvalue weighted by molar-refractivity contribution is -0.136. The summed E-state index contributed by atoms with van der Waals surface area (Å²) in [5, 5.41) is 0. The Kier molecular flexibility index (Phi) is 4.20. The highest BCUT2D eigenvalue weighted by atomic mass is 16.6. The van der Waals surface area contributed by atoms with E-state index in [-0.39, 0.29) is 11.3 Å². The second-order valence-electron chi connectivity index (χ2n) is 3.74. The Balaban J connectivity index is 3.94. The van der Waals surface area contributed by atoms with Crippen molar-refractivity contribution < 1.29 is 9.63 Å². The molecule has 0 saturated carbocycles. The molecule has 0 radical (unpaired) electrons. The van der Waals surface area contributed by atoms with Crippen LogP contribution in [0.5, 0.6) is 0 Å². The molecule has 1 atom stereocenters. The summed E-state index contributed by atoms with van der Waals surface area (Å²) in [6.45, 7) is 7.96. The Bertz CT molecular complexity index is 152. The Hall–Kier alpha value is -0.610. The molecule has 12 heavy (non-hydrogen) atoms. The van der Waals surface area contributed by atoms with Crippen molar-refractivity contribution in [2.75, 3.05) is 6.61 Å². The molecule has 0 heterocycles. The van der Waals surface area contributed by atoms with Gasteiger partial charge in [0.1, 0.15) is 0 Å². The number of nitrogens with two attached hydrogens (primary N) is 1. The molecule has 0 rings (SSSR count). The summed E-state index contributed by atoms with van der Waals surface area (Å²) in [5.74, 6) is -0.274. The predicted octanol–water partition coefficient (Wildman–Crippen LogP) is 0.427. The first-order valence-corrected chi connectivity index (χ1v) is 4.06. The van der Waals surface area contributed by atoms with E-state index in [1.807, 2.05) is 20.8 Å². The van der Waals surface area contributed by atoms with Crippen LogP contribution in [0.3, 0.4) is 0 Å². The van der Waals surface area contributed by atoms with Gasteiger partial charge in [0.15, 0.2) is 0 Å². The quantitative estimate of drug-likeness (QED) is 0.610. The van der Waals surface area contributed by atoms with Crippen LogP contribution in [-0.4, -0.2) is 18.6 Å². The second-order valence-corrected chi connectivity index (χ2v) is 3.74. The molecule has 1 amide bonds. The molecule has 0 aliphatic carbocycles. The molecule has 4 heteroatoms. The smallest absolute Gasteiger partial charge is 0.260 e. The molecular formula is C8H18N2O2. The molecular weight excluding hydrogens is 156 g/mol. The van der Waals surface area contributed by atoms with Crippen LogP contribution in [0.1, 0.15) is 27.7 Å². The van der Waals surface area contributed by atoms with Gasteiger partial charge in [-0.15, -0.1) is 0 Å². The average molecular weight is 174 g/mol. The number of carbonyl (C=O) groups excluding carboxylic acids is 1. The molecule has 3 N–H and O–H groups in total. The SMILES string of the molecule is CCONC(=O)[C@@H](N)C(C)(C)C. The van der Waals surface area contributed by atoms with Gasteiger partial charge >= 0.3 is 0 Å². The van der Waals surface area contributed by atoms with Gasteiger partial charge < -0.3 is 5.73 Å². The molecule has 0 aliphatic rings. The van der Waals surface area contributed by atoms with Crippen molar-refractivity contribution in [3.05, 3.63) is 0 Å². The van der Waals surface area contributed by atoms with Gasteiger partial charge in [-0.05, 0) is 12.3 Å². The topological polar surface area (TPSA) is 64.3 Å². The summed E-state index contributed by atoms with van der Waals surface area (Å²) >= 11 is 0. The molecule has 0 saturated heterocycles. The third-order valence-electron chi connectivity index (χ3n) is 1.53. The number of amides is 1. The Morgan fingerprint density at radius 1 is 1.58 bits per heavy atom. The third-order valence-corrected chi connectivity index (χ3v) is 1.53. The monoisotopic (exact) mass is 174 g/mol. The maximum Gasteiger partial charge on any atom is 0.260 e. The van der Waals surface area contributed by atoms with E-state index in [9.17, 15) is 4.79 Å². The van der Waals surface area contributed by atoms with Crippen molar-refractivity contribution in [1.29, 1.82) is 0 Å². The fraction of sp³-hybridized carbons (Fsp3) is 0.875. The highest BCUT2D eigenvalue weighted by molar-refractivity contribution is 5.81. The highest BCUT2D eigenvalue weighted by Crippen LogP contribution is 2.16. The van der Waals surface area contributed by atoms with Gasteiger partial charge in [0.05, 0.1) is 12.6 Å². The van der Waals surface area contributed by atoms with Crippen LogP contribution < -0.4 is 11.2 Å². The average Bonchev–Trinajstić information content (AvgIpc) is 1.97. The van der Waals surface area contributed by atoms with Gasteiger partial charge in [-0.2, -0.15) is 0 Å². The zero-order chi connectivity index (χ0) is 9.78. The molecule has 0 aromatic rings. The fourth-order valence-electron chi connectivity index (χ4n) is 0.600. The lowest BCUT2D eigenvalue weighted by Crippen LogP contribution is -2.48. The summed E-state index contributed by atoms with van der Waals surface area (Å²) in [5.41, 5.74) is 7.68. The van der Waals surface area contributed by atoms with Gasteiger partial charge in [0.2, 0.25) is 0 Å². The van der Waals surface area contributed by atoms with Gasteiger partial charge in [0.25, 0.3) is 5.91 Å². The predicted molar refractivity (Wildman–Crippen MR) is 47.2 cm³/mol. The van der Waals surface area contributed by atoms with Crippen molar-refractivity contribution in [3.8, 4) is 0 Å². The zero-order valence-electron chi connectivity index (χ0n) is 8.18. The van der Waals surface area contributed by atoms with E-state index in [0.29, 0.717) is 6.61 Å². The third kappa shape index (κ3) is 3.69. The van der Waals surface area contributed by atoms with E-state index >= 15 is 0 Å². The Labute approximate surface area is 73.4 Å². The number of hydrogen-bond donors (Lipinski definition) is 2. The number of rotatable bonds is 3. The largest absolute Gasteiger partial charge is 0.319 e. The first-order valence-electron chi connectivity index (χ1n) is 4.06. The van der Waals surface area contributed by atoms with E-state index < -0.39 is 6.04 Å². The van der Waals surface area contributed by atoms with Crippen molar-refractivity contribution in [2.24, 2.45) is 11.1 Å². The minimum atomic E-state index is -0.538. The molecule has 72 valence electrons. The zero-order valence-corrected chi connectivity index (χ0v) is 8.18.